The summed E-state index contributed by atoms with van der Waals surface area (Å²) in [6.07, 6.45) is -0.729. The first kappa shape index (κ1) is 25.6. The highest BCUT2D eigenvalue weighted by atomic mass is 16.6. The second kappa shape index (κ2) is 10.2. The van der Waals surface area contributed by atoms with Gasteiger partial charge in [0.15, 0.2) is 6.04 Å². The molecule has 0 fully saturated rings. The van der Waals surface area contributed by atoms with Crippen molar-refractivity contribution in [1.29, 1.82) is 0 Å². The highest BCUT2D eigenvalue weighted by Gasteiger charge is 2.50. The fourth-order valence-electron chi connectivity index (χ4n) is 2.45. The van der Waals surface area contributed by atoms with Crippen LogP contribution in [0.25, 0.3) is 0 Å². The smallest absolute Gasteiger partial charge is 0.408 e. The molecule has 2 N–H and O–H groups in total. The SMILES string of the molecule is CCC(C)([C@H](NC(=O)OC(C)(C)C)C(=O)N[C@@H](CC(C)C)C(=O)OC)[N+](=O)[O-]. The number of carbonyl (C=O) groups excluding carboxylic acids is 3. The van der Waals surface area contributed by atoms with Crippen molar-refractivity contribution in [3.8, 4) is 0 Å². The fraction of sp³-hybridized carbons (Fsp3) is 0.833. The zero-order chi connectivity index (χ0) is 22.3. The number of amides is 2. The van der Waals surface area contributed by atoms with Crippen LogP contribution in [0.15, 0.2) is 0 Å². The first-order chi connectivity index (χ1) is 12.7. The molecule has 1 unspecified atom stereocenters. The van der Waals surface area contributed by atoms with Crippen molar-refractivity contribution < 1.29 is 28.8 Å². The summed E-state index contributed by atoms with van der Waals surface area (Å²) >= 11 is 0. The molecular weight excluding hydrogens is 370 g/mol. The van der Waals surface area contributed by atoms with Crippen molar-refractivity contribution in [2.75, 3.05) is 7.11 Å². The lowest BCUT2D eigenvalue weighted by molar-refractivity contribution is -0.568. The predicted molar refractivity (Wildman–Crippen MR) is 102 cm³/mol. The predicted octanol–water partition coefficient (Wildman–Crippen LogP) is 2.03. The second-order valence-electron chi connectivity index (χ2n) is 8.26. The van der Waals surface area contributed by atoms with E-state index in [1.165, 1.54) is 21.0 Å². The van der Waals surface area contributed by atoms with Crippen LogP contribution in [-0.4, -0.2) is 53.2 Å². The molecule has 0 aliphatic carbocycles. The highest BCUT2D eigenvalue weighted by molar-refractivity contribution is 5.90. The van der Waals surface area contributed by atoms with Crippen LogP contribution in [0, 0.1) is 16.0 Å². The van der Waals surface area contributed by atoms with Crippen molar-refractivity contribution in [1.82, 2.24) is 10.6 Å². The van der Waals surface area contributed by atoms with E-state index in [4.69, 9.17) is 9.47 Å². The van der Waals surface area contributed by atoms with Crippen LogP contribution in [0.2, 0.25) is 0 Å². The van der Waals surface area contributed by atoms with Gasteiger partial charge in [0.25, 0.3) is 5.91 Å². The van der Waals surface area contributed by atoms with Gasteiger partial charge in [-0.05, 0) is 33.1 Å². The second-order valence-corrected chi connectivity index (χ2v) is 8.26. The van der Waals surface area contributed by atoms with E-state index >= 15 is 0 Å². The topological polar surface area (TPSA) is 137 Å². The normalized spacial score (nSPS) is 15.8. The summed E-state index contributed by atoms with van der Waals surface area (Å²) in [7, 11) is 1.19. The summed E-state index contributed by atoms with van der Waals surface area (Å²) in [4.78, 5) is 48.1. The maximum absolute atomic E-state index is 12.9. The quantitative estimate of drug-likeness (QED) is 0.341. The van der Waals surface area contributed by atoms with Gasteiger partial charge in [-0.15, -0.1) is 0 Å². The van der Waals surface area contributed by atoms with E-state index in [1.807, 2.05) is 13.8 Å². The lowest BCUT2D eigenvalue weighted by Crippen LogP contribution is -2.64. The van der Waals surface area contributed by atoms with Crippen molar-refractivity contribution in [2.24, 2.45) is 5.92 Å². The number of rotatable bonds is 9. The number of nitro groups is 1. The highest BCUT2D eigenvalue weighted by Crippen LogP contribution is 2.21. The molecule has 0 heterocycles. The van der Waals surface area contributed by atoms with Crippen LogP contribution in [0.5, 0.6) is 0 Å². The summed E-state index contributed by atoms with van der Waals surface area (Å²) < 4.78 is 9.83. The lowest BCUT2D eigenvalue weighted by Gasteiger charge is -2.31. The number of nitrogens with one attached hydrogen (secondary N) is 2. The first-order valence-electron chi connectivity index (χ1n) is 9.20. The fourth-order valence-corrected chi connectivity index (χ4v) is 2.45. The van der Waals surface area contributed by atoms with Gasteiger partial charge in [-0.3, -0.25) is 14.9 Å². The third-order valence-corrected chi connectivity index (χ3v) is 4.19. The molecule has 28 heavy (non-hydrogen) atoms. The molecule has 0 aromatic rings. The van der Waals surface area contributed by atoms with Crippen LogP contribution in [0.4, 0.5) is 4.79 Å². The van der Waals surface area contributed by atoms with E-state index in [9.17, 15) is 24.5 Å². The molecule has 0 aliphatic rings. The number of alkyl carbamates (subject to hydrolysis) is 1. The van der Waals surface area contributed by atoms with Crippen molar-refractivity contribution in [3.05, 3.63) is 10.1 Å². The van der Waals surface area contributed by atoms with Gasteiger partial charge in [-0.2, -0.15) is 0 Å². The van der Waals surface area contributed by atoms with Gasteiger partial charge < -0.3 is 20.1 Å². The van der Waals surface area contributed by atoms with Gasteiger partial charge >= 0.3 is 12.1 Å². The third kappa shape index (κ3) is 7.69. The zero-order valence-corrected chi connectivity index (χ0v) is 18.0. The van der Waals surface area contributed by atoms with Gasteiger partial charge in [0.05, 0.1) is 7.11 Å². The van der Waals surface area contributed by atoms with Crippen molar-refractivity contribution in [3.63, 3.8) is 0 Å². The van der Waals surface area contributed by atoms with Crippen LogP contribution in [0.3, 0.4) is 0 Å². The minimum Gasteiger partial charge on any atom is -0.467 e. The number of ether oxygens (including phenoxy) is 2. The summed E-state index contributed by atoms with van der Waals surface area (Å²) in [5.41, 5.74) is -2.66. The van der Waals surface area contributed by atoms with Gasteiger partial charge in [0.1, 0.15) is 11.6 Å². The molecule has 0 aromatic heterocycles. The maximum Gasteiger partial charge on any atom is 0.408 e. The summed E-state index contributed by atoms with van der Waals surface area (Å²) in [5, 5.41) is 16.4. The Morgan fingerprint density at radius 3 is 2.00 bits per heavy atom. The Balaban J connectivity index is 5.76. The molecule has 0 aliphatic heterocycles. The Labute approximate surface area is 165 Å². The summed E-state index contributed by atoms with van der Waals surface area (Å²) in [5.74, 6) is -1.48. The number of hydrogen-bond donors (Lipinski definition) is 2. The Morgan fingerprint density at radius 2 is 1.64 bits per heavy atom. The van der Waals surface area contributed by atoms with Crippen molar-refractivity contribution in [2.45, 2.75) is 84.5 Å². The third-order valence-electron chi connectivity index (χ3n) is 4.19. The molecule has 0 saturated carbocycles. The zero-order valence-electron chi connectivity index (χ0n) is 18.0. The van der Waals surface area contributed by atoms with Crippen molar-refractivity contribution >= 4 is 18.0 Å². The van der Waals surface area contributed by atoms with E-state index in [0.29, 0.717) is 0 Å². The molecule has 0 saturated heterocycles. The molecule has 0 aromatic carbocycles. The molecule has 3 atom stereocenters. The molecule has 0 spiro atoms. The van der Waals surface area contributed by atoms with E-state index in [2.05, 4.69) is 10.6 Å². The molecule has 0 radical (unpaired) electrons. The lowest BCUT2D eigenvalue weighted by atomic mass is 9.89. The number of carbonyl (C=O) groups is 3. The average molecular weight is 403 g/mol. The van der Waals surface area contributed by atoms with Crippen LogP contribution in [0.1, 0.15) is 61.3 Å². The van der Waals surface area contributed by atoms with Crippen LogP contribution in [-0.2, 0) is 19.1 Å². The van der Waals surface area contributed by atoms with E-state index in [-0.39, 0.29) is 18.8 Å². The largest absolute Gasteiger partial charge is 0.467 e. The van der Waals surface area contributed by atoms with Crippen LogP contribution >= 0.6 is 0 Å². The molecule has 0 rings (SSSR count). The first-order valence-corrected chi connectivity index (χ1v) is 9.20. The number of nitrogens with zero attached hydrogens (tertiary/aromatic N) is 1. The average Bonchev–Trinajstić information content (AvgIpc) is 2.55. The maximum atomic E-state index is 12.9. The standard InChI is InChI=1S/C18H33N3O7/c1-9-18(7,21(25)26)13(20-16(24)28-17(4,5)6)14(22)19-12(10-11(2)3)15(23)27-8/h11-13H,9-10H2,1-8H3,(H,19,22)(H,20,24)/t12-,13+,18?/m0/s1. The Hall–Kier alpha value is -2.39. The Bertz CT molecular complexity index is 586. The Kier molecular flexibility index (Phi) is 9.36. The minimum atomic E-state index is -1.81. The summed E-state index contributed by atoms with van der Waals surface area (Å²) in [6.45, 7) is 11.4. The van der Waals surface area contributed by atoms with Gasteiger partial charge in [0.2, 0.25) is 5.54 Å². The van der Waals surface area contributed by atoms with Gasteiger partial charge in [0, 0.05) is 18.3 Å². The molecule has 2 amide bonds. The van der Waals surface area contributed by atoms with Gasteiger partial charge in [-0.1, -0.05) is 20.8 Å². The van der Waals surface area contributed by atoms with Crippen LogP contribution < -0.4 is 10.6 Å². The number of methoxy groups -OCH3 is 1. The van der Waals surface area contributed by atoms with E-state index in [1.54, 1.807) is 20.8 Å². The molecule has 10 heteroatoms. The van der Waals surface area contributed by atoms with Gasteiger partial charge in [-0.25, -0.2) is 9.59 Å². The monoisotopic (exact) mass is 403 g/mol. The summed E-state index contributed by atoms with van der Waals surface area (Å²) in [6, 6.07) is -2.55. The number of hydrogen-bond acceptors (Lipinski definition) is 7. The molecule has 0 bridgehead atoms. The molecule has 162 valence electrons. The van der Waals surface area contributed by atoms with E-state index in [0.717, 1.165) is 0 Å². The number of esters is 1. The molecular formula is C18H33N3O7. The molecule has 10 nitrogen and oxygen atoms in total. The Morgan fingerprint density at radius 1 is 1.11 bits per heavy atom. The minimum absolute atomic E-state index is 0.0407. The van der Waals surface area contributed by atoms with E-state index < -0.39 is 46.1 Å².